The van der Waals surface area contributed by atoms with Crippen LogP contribution in [0.5, 0.6) is 0 Å². The first kappa shape index (κ1) is 15.5. The largest absolute Gasteiger partial charge is 0.376 e. The molecule has 2 aliphatic rings. The summed E-state index contributed by atoms with van der Waals surface area (Å²) in [5, 5.41) is 16.0. The molecule has 3 atom stereocenters. The molecule has 0 aromatic heterocycles. The van der Waals surface area contributed by atoms with Gasteiger partial charge in [-0.15, -0.1) is 0 Å². The van der Waals surface area contributed by atoms with Gasteiger partial charge in [-0.2, -0.15) is 0 Å². The Balaban J connectivity index is 1.86. The molecule has 0 amide bonds. The van der Waals surface area contributed by atoms with Gasteiger partial charge in [0.25, 0.3) is 5.69 Å². The van der Waals surface area contributed by atoms with Crippen molar-refractivity contribution >= 4 is 34.6 Å². The molecule has 0 saturated carbocycles. The van der Waals surface area contributed by atoms with E-state index in [4.69, 9.17) is 23.2 Å². The zero-order valence-corrected chi connectivity index (χ0v) is 14.1. The minimum absolute atomic E-state index is 0.134. The summed E-state index contributed by atoms with van der Waals surface area (Å²) in [6.45, 7) is 0. The van der Waals surface area contributed by atoms with Gasteiger partial charge in [-0.3, -0.25) is 10.1 Å². The Labute approximate surface area is 149 Å². The SMILES string of the molecule is O=[N+]([O-])c1ccccc1[C@@H]1Nc2c(Cl)cc(Cl)cc2[C@@H]2C=CC[C@@H]21. The van der Waals surface area contributed by atoms with Gasteiger partial charge in [0, 0.05) is 17.0 Å². The van der Waals surface area contributed by atoms with Gasteiger partial charge >= 0.3 is 0 Å². The van der Waals surface area contributed by atoms with Crippen molar-refractivity contribution in [3.05, 3.63) is 79.8 Å². The molecule has 1 aliphatic carbocycles. The highest BCUT2D eigenvalue weighted by atomic mass is 35.5. The van der Waals surface area contributed by atoms with Crippen molar-refractivity contribution in [2.75, 3.05) is 5.32 Å². The number of nitrogens with one attached hydrogen (secondary N) is 1. The van der Waals surface area contributed by atoms with E-state index in [0.29, 0.717) is 15.6 Å². The van der Waals surface area contributed by atoms with Crippen LogP contribution in [0.1, 0.15) is 29.5 Å². The molecular formula is C18H14Cl2N2O2. The van der Waals surface area contributed by atoms with Crippen molar-refractivity contribution in [2.45, 2.75) is 18.4 Å². The van der Waals surface area contributed by atoms with Crippen LogP contribution in [-0.2, 0) is 0 Å². The van der Waals surface area contributed by atoms with E-state index in [1.807, 2.05) is 18.2 Å². The van der Waals surface area contributed by atoms with Crippen LogP contribution in [0.25, 0.3) is 0 Å². The van der Waals surface area contributed by atoms with Crippen LogP contribution in [-0.4, -0.2) is 4.92 Å². The third-order valence-corrected chi connectivity index (χ3v) is 5.37. The number of hydrogen-bond donors (Lipinski definition) is 1. The highest BCUT2D eigenvalue weighted by Crippen LogP contribution is 2.53. The second-order valence-corrected chi connectivity index (χ2v) is 6.99. The summed E-state index contributed by atoms with van der Waals surface area (Å²) in [7, 11) is 0. The maximum Gasteiger partial charge on any atom is 0.274 e. The van der Waals surface area contributed by atoms with Crippen LogP contribution in [0, 0.1) is 16.0 Å². The zero-order chi connectivity index (χ0) is 16.8. The summed E-state index contributed by atoms with van der Waals surface area (Å²) in [6, 6.07) is 10.4. The van der Waals surface area contributed by atoms with Crippen LogP contribution in [0.4, 0.5) is 11.4 Å². The van der Waals surface area contributed by atoms with E-state index >= 15 is 0 Å². The Morgan fingerprint density at radius 2 is 1.96 bits per heavy atom. The van der Waals surface area contributed by atoms with Gasteiger partial charge in [0.05, 0.1) is 27.2 Å². The number of anilines is 1. The van der Waals surface area contributed by atoms with Crippen molar-refractivity contribution < 1.29 is 4.92 Å². The van der Waals surface area contributed by atoms with Gasteiger partial charge in [0.15, 0.2) is 0 Å². The molecule has 0 spiro atoms. The predicted molar refractivity (Wildman–Crippen MR) is 95.9 cm³/mol. The Bertz CT molecular complexity index is 866. The molecule has 1 heterocycles. The average molecular weight is 361 g/mol. The second kappa shape index (κ2) is 5.80. The first-order valence-electron chi connectivity index (χ1n) is 7.71. The lowest BCUT2D eigenvalue weighted by Crippen LogP contribution is -2.29. The Morgan fingerprint density at radius 3 is 2.75 bits per heavy atom. The van der Waals surface area contributed by atoms with Crippen LogP contribution >= 0.6 is 23.2 Å². The smallest absolute Gasteiger partial charge is 0.274 e. The molecule has 0 saturated heterocycles. The minimum atomic E-state index is -0.326. The number of nitrogens with zero attached hydrogens (tertiary/aromatic N) is 1. The lowest BCUT2D eigenvalue weighted by atomic mass is 9.76. The number of benzene rings is 2. The summed E-state index contributed by atoms with van der Waals surface area (Å²) in [5.41, 5.74) is 2.70. The van der Waals surface area contributed by atoms with Crippen molar-refractivity contribution in [1.29, 1.82) is 0 Å². The van der Waals surface area contributed by atoms with E-state index in [-0.39, 0.29) is 28.5 Å². The monoisotopic (exact) mass is 360 g/mol. The molecule has 0 fully saturated rings. The van der Waals surface area contributed by atoms with Crippen molar-refractivity contribution in [3.63, 3.8) is 0 Å². The van der Waals surface area contributed by atoms with Crippen molar-refractivity contribution in [1.82, 2.24) is 0 Å². The fourth-order valence-corrected chi connectivity index (χ4v) is 4.41. The van der Waals surface area contributed by atoms with Gasteiger partial charge in [-0.05, 0) is 30.0 Å². The molecule has 0 radical (unpaired) electrons. The lowest BCUT2D eigenvalue weighted by molar-refractivity contribution is -0.385. The lowest BCUT2D eigenvalue weighted by Gasteiger charge is -2.37. The first-order chi connectivity index (χ1) is 11.6. The fraction of sp³-hybridized carbons (Fsp3) is 0.222. The van der Waals surface area contributed by atoms with Gasteiger partial charge < -0.3 is 5.32 Å². The van der Waals surface area contributed by atoms with Gasteiger partial charge in [0.1, 0.15) is 0 Å². The topological polar surface area (TPSA) is 55.2 Å². The third-order valence-electron chi connectivity index (χ3n) is 4.85. The minimum Gasteiger partial charge on any atom is -0.376 e. The summed E-state index contributed by atoms with van der Waals surface area (Å²) >= 11 is 12.6. The predicted octanol–water partition coefficient (Wildman–Crippen LogP) is 5.73. The average Bonchev–Trinajstić information content (AvgIpc) is 3.04. The molecule has 1 N–H and O–H groups in total. The molecular weight excluding hydrogens is 347 g/mol. The molecule has 122 valence electrons. The van der Waals surface area contributed by atoms with Crippen LogP contribution in [0.3, 0.4) is 0 Å². The molecule has 4 nitrogen and oxygen atoms in total. The number of fused-ring (bicyclic) bond motifs is 3. The Kier molecular flexibility index (Phi) is 3.74. The standard InChI is InChI=1S/C18H14Cl2N2O2/c19-10-8-14-11-5-3-6-12(11)17(21-18(14)15(20)9-10)13-4-1-2-7-16(13)22(23)24/h1-5,7-9,11-12,17,21H,6H2/t11-,12+,17-/m1/s1. The number of halogens is 2. The van der Waals surface area contributed by atoms with Crippen LogP contribution in [0.15, 0.2) is 48.6 Å². The maximum absolute atomic E-state index is 11.4. The van der Waals surface area contributed by atoms with E-state index < -0.39 is 0 Å². The second-order valence-electron chi connectivity index (χ2n) is 6.14. The summed E-state index contributed by atoms with van der Waals surface area (Å²) < 4.78 is 0. The molecule has 24 heavy (non-hydrogen) atoms. The third kappa shape index (κ3) is 2.38. The molecule has 2 aromatic carbocycles. The number of hydrogen-bond acceptors (Lipinski definition) is 3. The zero-order valence-electron chi connectivity index (χ0n) is 12.6. The molecule has 1 aliphatic heterocycles. The number of rotatable bonds is 2. The quantitative estimate of drug-likeness (QED) is 0.422. The first-order valence-corrected chi connectivity index (χ1v) is 8.47. The molecule has 0 bridgehead atoms. The van der Waals surface area contributed by atoms with Crippen LogP contribution in [0.2, 0.25) is 10.0 Å². The molecule has 4 rings (SSSR count). The van der Waals surface area contributed by atoms with Crippen LogP contribution < -0.4 is 5.32 Å². The Hall–Kier alpha value is -2.04. The van der Waals surface area contributed by atoms with Gasteiger partial charge in [-0.1, -0.05) is 53.6 Å². The van der Waals surface area contributed by atoms with Gasteiger partial charge in [-0.25, -0.2) is 0 Å². The van der Waals surface area contributed by atoms with E-state index in [0.717, 1.165) is 17.7 Å². The fourth-order valence-electron chi connectivity index (χ4n) is 3.85. The number of para-hydroxylation sites is 1. The van der Waals surface area contributed by atoms with E-state index in [2.05, 4.69) is 17.5 Å². The normalized spacial score (nSPS) is 24.2. The number of nitro benzene ring substituents is 1. The van der Waals surface area contributed by atoms with E-state index in [9.17, 15) is 10.1 Å². The molecule has 0 unspecified atom stereocenters. The summed E-state index contributed by atoms with van der Waals surface area (Å²) in [4.78, 5) is 11.1. The summed E-state index contributed by atoms with van der Waals surface area (Å²) in [6.07, 6.45) is 5.14. The Morgan fingerprint density at radius 1 is 1.17 bits per heavy atom. The van der Waals surface area contributed by atoms with Crippen molar-refractivity contribution in [2.24, 2.45) is 5.92 Å². The van der Waals surface area contributed by atoms with E-state index in [1.165, 1.54) is 0 Å². The maximum atomic E-state index is 11.4. The molecule has 2 aromatic rings. The number of nitro groups is 1. The highest BCUT2D eigenvalue weighted by Gasteiger charge is 2.40. The number of allylic oxidation sites excluding steroid dienone is 2. The summed E-state index contributed by atoms with van der Waals surface area (Å²) in [5.74, 6) is 0.357. The van der Waals surface area contributed by atoms with Crippen molar-refractivity contribution in [3.8, 4) is 0 Å². The van der Waals surface area contributed by atoms with Gasteiger partial charge in [0.2, 0.25) is 0 Å². The van der Waals surface area contributed by atoms with E-state index in [1.54, 1.807) is 18.2 Å². The highest BCUT2D eigenvalue weighted by molar-refractivity contribution is 6.36. The molecule has 6 heteroatoms.